The second-order valence-electron chi connectivity index (χ2n) is 4.41. The number of rotatable bonds is 4. The molecule has 1 aromatic rings. The number of nitrogen functional groups attached to an aromatic ring is 1. The zero-order valence-corrected chi connectivity index (χ0v) is 10.2. The summed E-state index contributed by atoms with van der Waals surface area (Å²) in [7, 11) is -1.37. The van der Waals surface area contributed by atoms with E-state index in [4.69, 9.17) is 10.2 Å². The highest BCUT2D eigenvalue weighted by Gasteiger charge is 2.13. The molecule has 0 aliphatic heterocycles. The first-order chi connectivity index (χ1) is 6.49. The molecule has 0 atom stereocenters. The Balaban J connectivity index is 2.43. The quantitative estimate of drug-likeness (QED) is 0.611. The smallest absolute Gasteiger partial charge is 0.183 e. The largest absolute Gasteiger partial charge is 0.417 e. The van der Waals surface area contributed by atoms with Crippen molar-refractivity contribution >= 4 is 14.0 Å². The monoisotopic (exact) mass is 209 g/mol. The summed E-state index contributed by atoms with van der Waals surface area (Å²) >= 11 is 0. The van der Waals surface area contributed by atoms with E-state index in [0.29, 0.717) is 0 Å². The Morgan fingerprint density at radius 1 is 1.21 bits per heavy atom. The highest BCUT2D eigenvalue weighted by Crippen LogP contribution is 2.12. The van der Waals surface area contributed by atoms with Crippen molar-refractivity contribution in [2.24, 2.45) is 0 Å². The molecular weight excluding hydrogens is 190 g/mol. The summed E-state index contributed by atoms with van der Waals surface area (Å²) in [6, 6.07) is 7.96. The molecule has 0 saturated heterocycles. The molecule has 0 unspecified atom stereocenters. The maximum Gasteiger partial charge on any atom is 0.183 e. The van der Waals surface area contributed by atoms with Crippen molar-refractivity contribution in [1.82, 2.24) is 0 Å². The number of benzene rings is 1. The minimum absolute atomic E-state index is 0.782. The molecule has 0 bridgehead atoms. The Hall–Kier alpha value is -0.803. The highest BCUT2D eigenvalue weighted by molar-refractivity contribution is 6.69. The molecule has 0 radical (unpaired) electrons. The Morgan fingerprint density at radius 2 is 1.86 bits per heavy atom. The average molecular weight is 209 g/mol. The fourth-order valence-corrected chi connectivity index (χ4v) is 1.94. The van der Waals surface area contributed by atoms with Gasteiger partial charge >= 0.3 is 0 Å². The zero-order chi connectivity index (χ0) is 10.6. The van der Waals surface area contributed by atoms with Crippen molar-refractivity contribution in [1.29, 1.82) is 0 Å². The van der Waals surface area contributed by atoms with Gasteiger partial charge in [-0.2, -0.15) is 0 Å². The topological polar surface area (TPSA) is 35.2 Å². The third-order valence-corrected chi connectivity index (χ3v) is 3.03. The Bertz CT molecular complexity index is 294. The van der Waals surface area contributed by atoms with Crippen LogP contribution in [0.2, 0.25) is 19.6 Å². The van der Waals surface area contributed by atoms with Crippen LogP contribution >= 0.6 is 0 Å². The van der Waals surface area contributed by atoms with E-state index in [2.05, 4.69) is 25.7 Å². The summed E-state index contributed by atoms with van der Waals surface area (Å²) in [5.74, 6) is 0. The standard InChI is InChI=1S/C11H19NOSi/c1-14(2,3)13-9-8-10-6-4-5-7-11(10)12/h4-7H,8-9,12H2,1-3H3. The predicted molar refractivity (Wildman–Crippen MR) is 63.9 cm³/mol. The lowest BCUT2D eigenvalue weighted by atomic mass is 10.1. The van der Waals surface area contributed by atoms with E-state index in [-0.39, 0.29) is 0 Å². The lowest BCUT2D eigenvalue weighted by molar-refractivity contribution is 0.316. The first kappa shape index (κ1) is 11.3. The lowest BCUT2D eigenvalue weighted by Crippen LogP contribution is -2.26. The average Bonchev–Trinajstić information content (AvgIpc) is 2.06. The highest BCUT2D eigenvalue weighted by atomic mass is 28.4. The van der Waals surface area contributed by atoms with Gasteiger partial charge in [-0.05, 0) is 37.7 Å². The van der Waals surface area contributed by atoms with Crippen molar-refractivity contribution in [2.75, 3.05) is 12.3 Å². The normalized spacial score (nSPS) is 11.6. The SMILES string of the molecule is C[Si](C)(C)OCCc1ccccc1N. The van der Waals surface area contributed by atoms with Gasteiger partial charge in [0, 0.05) is 12.3 Å². The molecule has 0 fully saturated rings. The minimum atomic E-state index is -1.37. The van der Waals surface area contributed by atoms with Gasteiger partial charge in [0.25, 0.3) is 0 Å². The summed E-state index contributed by atoms with van der Waals surface area (Å²) in [4.78, 5) is 0. The van der Waals surface area contributed by atoms with Gasteiger partial charge in [0.15, 0.2) is 8.32 Å². The van der Waals surface area contributed by atoms with Crippen LogP contribution in [0, 0.1) is 0 Å². The van der Waals surface area contributed by atoms with Gasteiger partial charge < -0.3 is 10.2 Å². The summed E-state index contributed by atoms with van der Waals surface area (Å²) in [6.07, 6.45) is 0.914. The molecule has 2 N–H and O–H groups in total. The van der Waals surface area contributed by atoms with Crippen LogP contribution < -0.4 is 5.73 Å². The molecule has 78 valence electrons. The molecule has 2 nitrogen and oxygen atoms in total. The molecular formula is C11H19NOSi. The maximum atomic E-state index is 5.83. The fourth-order valence-electron chi connectivity index (χ4n) is 1.23. The first-order valence-electron chi connectivity index (χ1n) is 4.96. The van der Waals surface area contributed by atoms with Gasteiger partial charge in [-0.1, -0.05) is 18.2 Å². The van der Waals surface area contributed by atoms with Gasteiger partial charge in [0.1, 0.15) is 0 Å². The van der Waals surface area contributed by atoms with Gasteiger partial charge in [0.05, 0.1) is 0 Å². The van der Waals surface area contributed by atoms with Crippen molar-refractivity contribution in [3.63, 3.8) is 0 Å². The molecule has 0 heterocycles. The van der Waals surface area contributed by atoms with Gasteiger partial charge in [0.2, 0.25) is 0 Å². The van der Waals surface area contributed by atoms with E-state index >= 15 is 0 Å². The molecule has 0 aliphatic carbocycles. The fraction of sp³-hybridized carbons (Fsp3) is 0.455. The number of anilines is 1. The lowest BCUT2D eigenvalue weighted by Gasteiger charge is -2.17. The van der Waals surface area contributed by atoms with Crippen LogP contribution in [0.25, 0.3) is 0 Å². The van der Waals surface area contributed by atoms with Crippen LogP contribution in [0.3, 0.4) is 0 Å². The molecule has 1 rings (SSSR count). The van der Waals surface area contributed by atoms with Crippen molar-refractivity contribution in [3.8, 4) is 0 Å². The van der Waals surface area contributed by atoms with E-state index in [9.17, 15) is 0 Å². The maximum absolute atomic E-state index is 5.83. The van der Waals surface area contributed by atoms with E-state index < -0.39 is 8.32 Å². The summed E-state index contributed by atoms with van der Waals surface area (Å²) in [6.45, 7) is 7.37. The number of para-hydroxylation sites is 1. The van der Waals surface area contributed by atoms with Crippen molar-refractivity contribution < 1.29 is 4.43 Å². The molecule has 0 spiro atoms. The molecule has 0 amide bonds. The van der Waals surface area contributed by atoms with Gasteiger partial charge in [-0.25, -0.2) is 0 Å². The van der Waals surface area contributed by atoms with E-state index in [1.807, 2.05) is 18.2 Å². The van der Waals surface area contributed by atoms with Crippen LogP contribution in [0.1, 0.15) is 5.56 Å². The number of nitrogens with two attached hydrogens (primary N) is 1. The van der Waals surface area contributed by atoms with Crippen molar-refractivity contribution in [2.45, 2.75) is 26.1 Å². The van der Waals surface area contributed by atoms with Gasteiger partial charge in [-0.15, -0.1) is 0 Å². The summed E-state index contributed by atoms with van der Waals surface area (Å²) < 4.78 is 5.77. The molecule has 1 aromatic carbocycles. The van der Waals surface area contributed by atoms with Crippen LogP contribution in [-0.2, 0) is 10.8 Å². The van der Waals surface area contributed by atoms with Crippen LogP contribution in [0.4, 0.5) is 5.69 Å². The second-order valence-corrected chi connectivity index (χ2v) is 8.92. The Morgan fingerprint density at radius 3 is 2.43 bits per heavy atom. The molecule has 0 aliphatic rings. The van der Waals surface area contributed by atoms with Crippen LogP contribution in [-0.4, -0.2) is 14.9 Å². The summed E-state index contributed by atoms with van der Waals surface area (Å²) in [5.41, 5.74) is 7.88. The zero-order valence-electron chi connectivity index (χ0n) is 9.21. The number of hydrogen-bond acceptors (Lipinski definition) is 2. The minimum Gasteiger partial charge on any atom is -0.417 e. The first-order valence-corrected chi connectivity index (χ1v) is 8.37. The van der Waals surface area contributed by atoms with Gasteiger partial charge in [-0.3, -0.25) is 0 Å². The molecule has 3 heteroatoms. The Labute approximate surface area is 87.2 Å². The van der Waals surface area contributed by atoms with Crippen LogP contribution in [0.5, 0.6) is 0 Å². The van der Waals surface area contributed by atoms with E-state index in [1.165, 1.54) is 5.56 Å². The molecule has 14 heavy (non-hydrogen) atoms. The molecule has 0 aromatic heterocycles. The third-order valence-electron chi connectivity index (χ3n) is 1.96. The van der Waals surface area contributed by atoms with E-state index in [1.54, 1.807) is 0 Å². The van der Waals surface area contributed by atoms with E-state index in [0.717, 1.165) is 18.7 Å². The Kier molecular flexibility index (Phi) is 3.72. The molecule has 0 saturated carbocycles. The van der Waals surface area contributed by atoms with Crippen molar-refractivity contribution in [3.05, 3.63) is 29.8 Å². The predicted octanol–water partition coefficient (Wildman–Crippen LogP) is 2.66. The second kappa shape index (κ2) is 4.62. The third kappa shape index (κ3) is 3.94. The number of hydrogen-bond donors (Lipinski definition) is 1. The summed E-state index contributed by atoms with van der Waals surface area (Å²) in [5, 5.41) is 0. The van der Waals surface area contributed by atoms with Crippen LogP contribution in [0.15, 0.2) is 24.3 Å².